The maximum Gasteiger partial charge on any atom is 0.291 e. The van der Waals surface area contributed by atoms with Crippen molar-refractivity contribution in [3.05, 3.63) is 10.1 Å². The normalized spacial score (nSPS) is 10.8. The van der Waals surface area contributed by atoms with Crippen molar-refractivity contribution in [2.75, 3.05) is 13.1 Å². The molecule has 4 N–H and O–H groups in total. The molecule has 0 aromatic rings. The van der Waals surface area contributed by atoms with Crippen molar-refractivity contribution < 1.29 is 25.3 Å². The number of nitrogens with zero attached hydrogens (tertiary/aromatic N) is 2. The molecule has 9 heteroatoms. The Kier molecular flexibility index (Phi) is 26.4. The van der Waals surface area contributed by atoms with Crippen LogP contribution in [-0.2, 0) is 4.79 Å². The van der Waals surface area contributed by atoms with Crippen LogP contribution in [0, 0.1) is 10.1 Å². The largest absolute Gasteiger partial charge is 0.367 e. The lowest BCUT2D eigenvalue weighted by Crippen LogP contribution is -2.46. The molecule has 32 heavy (non-hydrogen) atoms. The lowest BCUT2D eigenvalue weighted by atomic mass is 10.0. The maximum atomic E-state index is 11.9. The van der Waals surface area contributed by atoms with Gasteiger partial charge in [-0.25, -0.2) is 5.01 Å². The highest BCUT2D eigenvalue weighted by Gasteiger charge is 2.11. The smallest absolute Gasteiger partial charge is 0.291 e. The zero-order valence-electron chi connectivity index (χ0n) is 20.5. The Hall–Kier alpha value is -1.45. The van der Waals surface area contributed by atoms with Crippen LogP contribution in [0.25, 0.3) is 0 Å². The molecule has 0 bridgehead atoms. The number of nitrogens with one attached hydrogen (secondary N) is 1. The number of hydrogen-bond donors (Lipinski definition) is 4. The molecule has 0 aliphatic heterocycles. The minimum atomic E-state index is -1.50. The predicted molar refractivity (Wildman–Crippen MR) is 127 cm³/mol. The van der Waals surface area contributed by atoms with E-state index in [-0.39, 0.29) is 12.5 Å². The fourth-order valence-corrected chi connectivity index (χ4v) is 3.55. The topological polar surface area (TPSA) is 136 Å². The first-order chi connectivity index (χ1) is 15.3. The Morgan fingerprint density at radius 3 is 1.53 bits per heavy atom. The SMILES string of the molecule is CCCCCCCCCCCCCCCCCC(=O)NN(CCC)CC(O)O.O=[N+]([O-])O. The third-order valence-electron chi connectivity index (χ3n) is 5.17. The summed E-state index contributed by atoms with van der Waals surface area (Å²) < 4.78 is 0. The van der Waals surface area contributed by atoms with E-state index in [1.165, 1.54) is 83.5 Å². The summed E-state index contributed by atoms with van der Waals surface area (Å²) in [5, 5.41) is 33.3. The van der Waals surface area contributed by atoms with Gasteiger partial charge in [0.05, 0.1) is 6.54 Å². The van der Waals surface area contributed by atoms with Gasteiger partial charge in [-0.1, -0.05) is 104 Å². The van der Waals surface area contributed by atoms with Crippen LogP contribution in [0.15, 0.2) is 0 Å². The molecule has 1 amide bonds. The molecule has 0 fully saturated rings. The van der Waals surface area contributed by atoms with Gasteiger partial charge in [-0.15, -0.1) is 10.1 Å². The van der Waals surface area contributed by atoms with Gasteiger partial charge in [0, 0.05) is 13.0 Å². The fourth-order valence-electron chi connectivity index (χ4n) is 3.55. The third-order valence-corrected chi connectivity index (χ3v) is 5.17. The van der Waals surface area contributed by atoms with Crippen LogP contribution in [0.4, 0.5) is 0 Å². The van der Waals surface area contributed by atoms with Crippen LogP contribution in [0.3, 0.4) is 0 Å². The summed E-state index contributed by atoms with van der Waals surface area (Å²) in [6, 6.07) is 0. The van der Waals surface area contributed by atoms with Crippen molar-refractivity contribution in [2.24, 2.45) is 0 Å². The van der Waals surface area contributed by atoms with Gasteiger partial charge in [-0.05, 0) is 12.8 Å². The first kappa shape index (κ1) is 32.7. The quantitative estimate of drug-likeness (QED) is 0.0817. The van der Waals surface area contributed by atoms with Crippen LogP contribution in [0.5, 0.6) is 0 Å². The zero-order valence-corrected chi connectivity index (χ0v) is 20.5. The van der Waals surface area contributed by atoms with E-state index in [0.717, 1.165) is 19.3 Å². The van der Waals surface area contributed by atoms with Gasteiger partial charge in [0.1, 0.15) is 0 Å². The molecule has 0 rings (SSSR count). The molecule has 9 nitrogen and oxygen atoms in total. The number of carbonyl (C=O) groups excluding carboxylic acids is 1. The lowest BCUT2D eigenvalue weighted by Gasteiger charge is -2.23. The fraction of sp³-hybridized carbons (Fsp3) is 0.957. The second-order valence-corrected chi connectivity index (χ2v) is 8.40. The number of hydrazine groups is 1. The Balaban J connectivity index is 0. The summed E-state index contributed by atoms with van der Waals surface area (Å²) in [5.41, 5.74) is 2.77. The Morgan fingerprint density at radius 2 is 1.19 bits per heavy atom. The number of carbonyl (C=O) groups is 1. The van der Waals surface area contributed by atoms with E-state index in [2.05, 4.69) is 12.3 Å². The molecule has 0 heterocycles. The minimum absolute atomic E-state index is 0.0243. The van der Waals surface area contributed by atoms with Gasteiger partial charge in [-0.2, -0.15) is 0 Å². The van der Waals surface area contributed by atoms with Crippen LogP contribution in [-0.4, -0.2) is 50.8 Å². The number of unbranched alkanes of at least 4 members (excludes halogenated alkanes) is 14. The standard InChI is InChI=1S/C23H48N2O3.HNO3/c1-3-5-6-7-8-9-10-11-12-13-14-15-16-17-18-19-22(26)24-25(20-4-2)21-23(27)28;2-1(3)4/h23,27-28H,3-21H2,1-2H3,(H,24,26);(H,2,3,4). The minimum Gasteiger partial charge on any atom is -0.367 e. The van der Waals surface area contributed by atoms with E-state index in [1.807, 2.05) is 6.92 Å². The summed E-state index contributed by atoms with van der Waals surface area (Å²) in [6.45, 7) is 4.95. The average Bonchev–Trinajstić information content (AvgIpc) is 2.70. The molecule has 0 saturated heterocycles. The monoisotopic (exact) mass is 463 g/mol. The van der Waals surface area contributed by atoms with E-state index < -0.39 is 11.4 Å². The highest BCUT2D eigenvalue weighted by molar-refractivity contribution is 5.75. The van der Waals surface area contributed by atoms with Crippen molar-refractivity contribution in [3.63, 3.8) is 0 Å². The van der Waals surface area contributed by atoms with E-state index in [9.17, 15) is 4.79 Å². The van der Waals surface area contributed by atoms with Crippen molar-refractivity contribution in [3.8, 4) is 0 Å². The third kappa shape index (κ3) is 30.7. The van der Waals surface area contributed by atoms with E-state index >= 15 is 0 Å². The van der Waals surface area contributed by atoms with Gasteiger partial charge in [0.2, 0.25) is 5.91 Å². The highest BCUT2D eigenvalue weighted by atomic mass is 16.9. The number of rotatable bonds is 21. The van der Waals surface area contributed by atoms with Gasteiger partial charge in [0.15, 0.2) is 6.29 Å². The summed E-state index contributed by atoms with van der Waals surface area (Å²) in [4.78, 5) is 20.3. The molecule has 0 aromatic heterocycles. The molecule has 0 spiro atoms. The number of aliphatic hydroxyl groups excluding tert-OH is 1. The molecule has 0 unspecified atom stereocenters. The van der Waals surface area contributed by atoms with Gasteiger partial charge in [-0.3, -0.25) is 10.2 Å². The molecule has 0 atom stereocenters. The Bertz CT molecular complexity index is 421. The summed E-state index contributed by atoms with van der Waals surface area (Å²) in [7, 11) is 0. The number of amides is 1. The highest BCUT2D eigenvalue weighted by Crippen LogP contribution is 2.13. The second-order valence-electron chi connectivity index (χ2n) is 8.40. The van der Waals surface area contributed by atoms with Gasteiger partial charge < -0.3 is 15.4 Å². The van der Waals surface area contributed by atoms with Crippen molar-refractivity contribution in [1.82, 2.24) is 10.4 Å². The maximum absolute atomic E-state index is 11.9. The number of aliphatic hydroxyl groups is 2. The molecule has 0 aromatic carbocycles. The number of hydrogen-bond acceptors (Lipinski definition) is 6. The molecule has 0 aliphatic carbocycles. The molecule has 192 valence electrons. The van der Waals surface area contributed by atoms with Gasteiger partial charge >= 0.3 is 0 Å². The van der Waals surface area contributed by atoms with Crippen molar-refractivity contribution >= 4 is 5.91 Å². The Labute approximate surface area is 194 Å². The second kappa shape index (κ2) is 25.8. The lowest BCUT2D eigenvalue weighted by molar-refractivity contribution is -0.742. The first-order valence-corrected chi connectivity index (χ1v) is 12.6. The molecular formula is C23H49N3O6. The van der Waals surface area contributed by atoms with Crippen molar-refractivity contribution in [1.29, 1.82) is 0 Å². The molecular weight excluding hydrogens is 414 g/mol. The summed E-state index contributed by atoms with van der Waals surface area (Å²) in [5.74, 6) is -0.0243. The van der Waals surface area contributed by atoms with Crippen molar-refractivity contribution in [2.45, 2.75) is 129 Å². The summed E-state index contributed by atoms with van der Waals surface area (Å²) >= 11 is 0. The Morgan fingerprint density at radius 1 is 0.812 bits per heavy atom. The molecule has 0 aliphatic rings. The summed E-state index contributed by atoms with van der Waals surface area (Å²) in [6.07, 6.45) is 19.7. The van der Waals surface area contributed by atoms with E-state index in [0.29, 0.717) is 13.0 Å². The van der Waals surface area contributed by atoms with Crippen LogP contribution >= 0.6 is 0 Å². The van der Waals surface area contributed by atoms with Crippen LogP contribution < -0.4 is 5.43 Å². The van der Waals surface area contributed by atoms with Crippen LogP contribution in [0.1, 0.15) is 123 Å². The van der Waals surface area contributed by atoms with E-state index in [4.69, 9.17) is 25.5 Å². The predicted octanol–water partition coefficient (Wildman–Crippen LogP) is 4.95. The van der Waals surface area contributed by atoms with Crippen LogP contribution in [0.2, 0.25) is 0 Å². The zero-order chi connectivity index (χ0) is 24.5. The van der Waals surface area contributed by atoms with E-state index in [1.54, 1.807) is 5.01 Å². The average molecular weight is 464 g/mol. The molecule has 0 radical (unpaired) electrons. The first-order valence-electron chi connectivity index (χ1n) is 12.6. The molecule has 0 saturated carbocycles. The van der Waals surface area contributed by atoms with Gasteiger partial charge in [0.25, 0.3) is 5.09 Å².